The molecule has 1 aliphatic heterocycles. The Morgan fingerprint density at radius 1 is 0.879 bits per heavy atom. The van der Waals surface area contributed by atoms with E-state index in [-0.39, 0.29) is 0 Å². The Balaban J connectivity index is 1.34. The molecule has 0 saturated heterocycles. The van der Waals surface area contributed by atoms with Gasteiger partial charge in [-0.1, -0.05) is 48.6 Å². The lowest BCUT2D eigenvalue weighted by molar-refractivity contribution is 0.112. The van der Waals surface area contributed by atoms with Gasteiger partial charge in [-0.05, 0) is 60.4 Å². The van der Waals surface area contributed by atoms with Crippen LogP contribution in [0.5, 0.6) is 0 Å². The van der Waals surface area contributed by atoms with Crippen molar-refractivity contribution in [1.82, 2.24) is 0 Å². The smallest absolute Gasteiger partial charge is 0.160 e. The van der Waals surface area contributed by atoms with Crippen LogP contribution in [0.25, 0.3) is 30.6 Å². The van der Waals surface area contributed by atoms with Crippen LogP contribution in [0.4, 0.5) is 11.4 Å². The number of carbonyl (C=O) groups excluding carboxylic acids is 1. The summed E-state index contributed by atoms with van der Waals surface area (Å²) in [6.07, 6.45) is 8.07. The van der Waals surface area contributed by atoms with Gasteiger partial charge in [0.2, 0.25) is 0 Å². The van der Waals surface area contributed by atoms with Crippen LogP contribution in [0.15, 0.2) is 84.9 Å². The molecule has 2 unspecified atom stereocenters. The summed E-state index contributed by atoms with van der Waals surface area (Å²) in [5.41, 5.74) is 5.29. The Kier molecular flexibility index (Phi) is 4.33. The van der Waals surface area contributed by atoms with Crippen molar-refractivity contribution in [2.45, 2.75) is 24.8 Å². The van der Waals surface area contributed by atoms with Crippen molar-refractivity contribution in [3.05, 3.63) is 95.4 Å². The van der Waals surface area contributed by atoms with Gasteiger partial charge in [0.25, 0.3) is 0 Å². The SMILES string of the molecule is O=Cc1ccc(-c2ccc3c(c2)sc2cc(N4c5ccccc5C5CCC=CC54)ccc23)s1. The van der Waals surface area contributed by atoms with E-state index in [9.17, 15) is 4.79 Å². The molecule has 33 heavy (non-hydrogen) atoms. The highest BCUT2D eigenvalue weighted by molar-refractivity contribution is 7.26. The molecular formula is C29H21NOS2. The van der Waals surface area contributed by atoms with Crippen LogP contribution in [0.3, 0.4) is 0 Å². The number of hydrogen-bond acceptors (Lipinski definition) is 4. The van der Waals surface area contributed by atoms with Crippen LogP contribution in [0.2, 0.25) is 0 Å². The van der Waals surface area contributed by atoms with Crippen LogP contribution in [0, 0.1) is 0 Å². The van der Waals surface area contributed by atoms with Gasteiger partial charge in [0, 0.05) is 42.3 Å². The summed E-state index contributed by atoms with van der Waals surface area (Å²) in [6.45, 7) is 0. The number of fused-ring (bicyclic) bond motifs is 6. The fraction of sp³-hybridized carbons (Fsp3) is 0.138. The molecule has 2 nitrogen and oxygen atoms in total. The van der Waals surface area contributed by atoms with Gasteiger partial charge in [0.05, 0.1) is 10.9 Å². The third-order valence-electron chi connectivity index (χ3n) is 7.05. The maximum atomic E-state index is 11.1. The number of nitrogens with zero attached hydrogens (tertiary/aromatic N) is 1. The first-order valence-corrected chi connectivity index (χ1v) is 13.0. The highest BCUT2D eigenvalue weighted by Crippen LogP contribution is 2.50. The second-order valence-corrected chi connectivity index (χ2v) is 11.0. The molecule has 0 spiro atoms. The normalized spacial score (nSPS) is 19.2. The first-order chi connectivity index (χ1) is 16.3. The lowest BCUT2D eigenvalue weighted by Gasteiger charge is -2.30. The molecule has 0 bridgehead atoms. The van der Waals surface area contributed by atoms with Gasteiger partial charge < -0.3 is 4.90 Å². The summed E-state index contributed by atoms with van der Waals surface area (Å²) in [6, 6.07) is 26.9. The summed E-state index contributed by atoms with van der Waals surface area (Å²) in [5, 5.41) is 2.61. The summed E-state index contributed by atoms with van der Waals surface area (Å²) < 4.78 is 2.61. The fourth-order valence-electron chi connectivity index (χ4n) is 5.55. The quantitative estimate of drug-likeness (QED) is 0.197. The molecule has 1 aliphatic carbocycles. The third kappa shape index (κ3) is 2.94. The average molecular weight is 464 g/mol. The van der Waals surface area contributed by atoms with Crippen molar-refractivity contribution in [3.8, 4) is 10.4 Å². The lowest BCUT2D eigenvalue weighted by Crippen LogP contribution is -2.29. The second-order valence-electron chi connectivity index (χ2n) is 8.84. The largest absolute Gasteiger partial charge is 0.334 e. The topological polar surface area (TPSA) is 20.3 Å². The van der Waals surface area contributed by atoms with E-state index >= 15 is 0 Å². The van der Waals surface area contributed by atoms with Gasteiger partial charge >= 0.3 is 0 Å². The zero-order valence-electron chi connectivity index (χ0n) is 17.9. The molecule has 0 amide bonds. The lowest BCUT2D eigenvalue weighted by atomic mass is 9.86. The molecule has 7 rings (SSSR count). The Morgan fingerprint density at radius 2 is 1.73 bits per heavy atom. The molecule has 3 aromatic carbocycles. The molecule has 5 aromatic rings. The second kappa shape index (κ2) is 7.41. The van der Waals surface area contributed by atoms with E-state index in [4.69, 9.17) is 0 Å². The van der Waals surface area contributed by atoms with Gasteiger partial charge in [0.15, 0.2) is 6.29 Å². The van der Waals surface area contributed by atoms with E-state index < -0.39 is 0 Å². The van der Waals surface area contributed by atoms with Crippen LogP contribution in [0.1, 0.15) is 34.0 Å². The molecule has 4 heteroatoms. The zero-order chi connectivity index (χ0) is 21.9. The number of allylic oxidation sites excluding steroid dienone is 1. The average Bonchev–Trinajstić information content (AvgIpc) is 3.56. The van der Waals surface area contributed by atoms with Crippen LogP contribution < -0.4 is 4.90 Å². The molecule has 3 heterocycles. The van der Waals surface area contributed by atoms with E-state index in [0.29, 0.717) is 12.0 Å². The Labute approximate surface area is 200 Å². The molecule has 160 valence electrons. The van der Waals surface area contributed by atoms with Gasteiger partial charge in [0.1, 0.15) is 0 Å². The Bertz CT molecular complexity index is 1570. The third-order valence-corrected chi connectivity index (χ3v) is 9.22. The number of benzene rings is 3. The molecule has 2 atom stereocenters. The van der Waals surface area contributed by atoms with E-state index in [0.717, 1.165) is 16.0 Å². The predicted octanol–water partition coefficient (Wildman–Crippen LogP) is 8.55. The fourth-order valence-corrected chi connectivity index (χ4v) is 7.55. The van der Waals surface area contributed by atoms with Gasteiger partial charge in [-0.3, -0.25) is 4.79 Å². The number of aldehydes is 1. The number of para-hydroxylation sites is 1. The maximum absolute atomic E-state index is 11.1. The zero-order valence-corrected chi connectivity index (χ0v) is 19.5. The predicted molar refractivity (Wildman–Crippen MR) is 142 cm³/mol. The summed E-state index contributed by atoms with van der Waals surface area (Å²) >= 11 is 3.41. The minimum Gasteiger partial charge on any atom is -0.334 e. The monoisotopic (exact) mass is 463 g/mol. The van der Waals surface area contributed by atoms with E-state index in [1.165, 1.54) is 55.5 Å². The van der Waals surface area contributed by atoms with Crippen molar-refractivity contribution < 1.29 is 4.79 Å². The van der Waals surface area contributed by atoms with Crippen molar-refractivity contribution in [2.24, 2.45) is 0 Å². The van der Waals surface area contributed by atoms with E-state index in [1.54, 1.807) is 11.3 Å². The number of hydrogen-bond donors (Lipinski definition) is 0. The Hall–Kier alpha value is -3.21. The summed E-state index contributed by atoms with van der Waals surface area (Å²) in [5.74, 6) is 0.578. The van der Waals surface area contributed by atoms with Crippen LogP contribution >= 0.6 is 22.7 Å². The van der Waals surface area contributed by atoms with Gasteiger partial charge in [-0.15, -0.1) is 22.7 Å². The van der Waals surface area contributed by atoms with Gasteiger partial charge in [-0.25, -0.2) is 0 Å². The standard InChI is InChI=1S/C29H21NOS2/c31-17-20-11-14-27(32-20)18-9-12-23-24-13-10-19(16-29(24)33-28(23)15-18)30-25-7-3-1-5-21(25)22-6-2-4-8-26(22)30/h1,3-5,7-17,22,26H,2,6H2. The highest BCUT2D eigenvalue weighted by Gasteiger charge is 2.38. The van der Waals surface area contributed by atoms with Crippen molar-refractivity contribution in [3.63, 3.8) is 0 Å². The summed E-state index contributed by atoms with van der Waals surface area (Å²) in [7, 11) is 0. The summed E-state index contributed by atoms with van der Waals surface area (Å²) in [4.78, 5) is 15.5. The number of carbonyl (C=O) groups is 1. The van der Waals surface area contributed by atoms with Crippen molar-refractivity contribution >= 4 is 60.5 Å². The number of rotatable bonds is 3. The first kappa shape index (κ1) is 19.3. The highest BCUT2D eigenvalue weighted by atomic mass is 32.1. The molecule has 2 aromatic heterocycles. The molecule has 2 aliphatic rings. The van der Waals surface area contributed by atoms with Crippen molar-refractivity contribution in [1.29, 1.82) is 0 Å². The van der Waals surface area contributed by atoms with Crippen LogP contribution in [-0.4, -0.2) is 12.3 Å². The number of anilines is 2. The maximum Gasteiger partial charge on any atom is 0.160 e. The minimum atomic E-state index is 0.403. The molecular weight excluding hydrogens is 442 g/mol. The van der Waals surface area contributed by atoms with E-state index in [1.807, 2.05) is 23.5 Å². The molecule has 0 saturated carbocycles. The van der Waals surface area contributed by atoms with E-state index in [2.05, 4.69) is 77.7 Å². The minimum absolute atomic E-state index is 0.403. The Morgan fingerprint density at radius 3 is 2.61 bits per heavy atom. The first-order valence-electron chi connectivity index (χ1n) is 11.4. The van der Waals surface area contributed by atoms with Crippen LogP contribution in [-0.2, 0) is 0 Å². The number of thiophene rings is 2. The van der Waals surface area contributed by atoms with Gasteiger partial charge in [-0.2, -0.15) is 0 Å². The molecule has 0 radical (unpaired) electrons. The van der Waals surface area contributed by atoms with Crippen molar-refractivity contribution in [2.75, 3.05) is 4.90 Å². The molecule has 0 fully saturated rings. The molecule has 0 N–H and O–H groups in total.